The number of thiazole rings is 1. The standard InChI is InChI=1S/C12H13ClN2S/c13-9-1-2-10-11(7-9)16-12(15-10)8-3-5-14-6-4-8/h1-2,7-8,14H,3-6H2. The van der Waals surface area contributed by atoms with Crippen LogP contribution in [0.1, 0.15) is 23.8 Å². The first-order valence-corrected chi connectivity index (χ1v) is 6.79. The van der Waals surface area contributed by atoms with Crippen molar-refractivity contribution < 1.29 is 0 Å². The van der Waals surface area contributed by atoms with Gasteiger partial charge < -0.3 is 5.32 Å². The predicted octanol–water partition coefficient (Wildman–Crippen LogP) is 3.42. The summed E-state index contributed by atoms with van der Waals surface area (Å²) in [4.78, 5) is 4.71. The molecular formula is C12H13ClN2S. The molecule has 0 atom stereocenters. The molecule has 4 heteroatoms. The molecule has 2 aromatic rings. The lowest BCUT2D eigenvalue weighted by Gasteiger charge is -2.20. The van der Waals surface area contributed by atoms with Gasteiger partial charge in [0.25, 0.3) is 0 Å². The maximum Gasteiger partial charge on any atom is 0.0970 e. The third-order valence-electron chi connectivity index (χ3n) is 3.06. The van der Waals surface area contributed by atoms with Crippen molar-refractivity contribution in [3.05, 3.63) is 28.2 Å². The summed E-state index contributed by atoms with van der Waals surface area (Å²) in [6.45, 7) is 2.22. The first kappa shape index (κ1) is 10.5. The van der Waals surface area contributed by atoms with E-state index in [2.05, 4.69) is 5.32 Å². The van der Waals surface area contributed by atoms with Crippen LogP contribution in [-0.4, -0.2) is 18.1 Å². The van der Waals surface area contributed by atoms with Gasteiger partial charge in [-0.1, -0.05) is 11.6 Å². The number of fused-ring (bicyclic) bond motifs is 1. The second-order valence-corrected chi connectivity index (χ2v) is 5.69. The van der Waals surface area contributed by atoms with Crippen LogP contribution in [0.2, 0.25) is 5.02 Å². The number of aromatic nitrogens is 1. The van der Waals surface area contributed by atoms with E-state index in [9.17, 15) is 0 Å². The lowest BCUT2D eigenvalue weighted by Crippen LogP contribution is -2.26. The second-order valence-electron chi connectivity index (χ2n) is 4.19. The number of benzene rings is 1. The second kappa shape index (κ2) is 4.32. The normalized spacial score (nSPS) is 18.1. The van der Waals surface area contributed by atoms with Crippen molar-refractivity contribution in [1.29, 1.82) is 0 Å². The molecular weight excluding hydrogens is 240 g/mol. The van der Waals surface area contributed by atoms with Gasteiger partial charge in [-0.15, -0.1) is 11.3 Å². The first-order valence-electron chi connectivity index (χ1n) is 5.59. The molecule has 0 amide bonds. The molecule has 1 aromatic carbocycles. The van der Waals surface area contributed by atoms with Crippen molar-refractivity contribution in [3.8, 4) is 0 Å². The molecule has 0 aliphatic carbocycles. The van der Waals surface area contributed by atoms with Crippen LogP contribution in [0.3, 0.4) is 0 Å². The Morgan fingerprint density at radius 3 is 2.94 bits per heavy atom. The van der Waals surface area contributed by atoms with Gasteiger partial charge in [-0.2, -0.15) is 0 Å². The van der Waals surface area contributed by atoms with Crippen LogP contribution >= 0.6 is 22.9 Å². The van der Waals surface area contributed by atoms with Gasteiger partial charge in [0.1, 0.15) is 0 Å². The molecule has 0 spiro atoms. The zero-order chi connectivity index (χ0) is 11.0. The van der Waals surface area contributed by atoms with Gasteiger partial charge in [0, 0.05) is 10.9 Å². The summed E-state index contributed by atoms with van der Waals surface area (Å²) in [5.41, 5.74) is 1.09. The highest BCUT2D eigenvalue weighted by atomic mass is 35.5. The number of nitrogens with zero attached hydrogens (tertiary/aromatic N) is 1. The van der Waals surface area contributed by atoms with Crippen LogP contribution in [0.4, 0.5) is 0 Å². The average molecular weight is 253 g/mol. The number of rotatable bonds is 1. The molecule has 84 valence electrons. The fourth-order valence-electron chi connectivity index (χ4n) is 2.16. The Morgan fingerprint density at radius 1 is 1.31 bits per heavy atom. The van der Waals surface area contributed by atoms with E-state index >= 15 is 0 Å². The highest BCUT2D eigenvalue weighted by Gasteiger charge is 2.18. The van der Waals surface area contributed by atoms with Crippen LogP contribution in [0.5, 0.6) is 0 Å². The Balaban J connectivity index is 1.97. The summed E-state index contributed by atoms with van der Waals surface area (Å²) in [7, 11) is 0. The van der Waals surface area contributed by atoms with Crippen molar-refractivity contribution in [2.75, 3.05) is 13.1 Å². The van der Waals surface area contributed by atoms with Crippen molar-refractivity contribution in [2.24, 2.45) is 0 Å². The van der Waals surface area contributed by atoms with E-state index in [1.807, 2.05) is 18.2 Å². The molecule has 1 aromatic heterocycles. The quantitative estimate of drug-likeness (QED) is 0.841. The summed E-state index contributed by atoms with van der Waals surface area (Å²) < 4.78 is 1.21. The molecule has 1 aliphatic heterocycles. The van der Waals surface area contributed by atoms with Gasteiger partial charge >= 0.3 is 0 Å². The zero-order valence-electron chi connectivity index (χ0n) is 8.87. The van der Waals surface area contributed by atoms with Crippen LogP contribution in [0, 0.1) is 0 Å². The van der Waals surface area contributed by atoms with Gasteiger partial charge in [0.15, 0.2) is 0 Å². The number of hydrogen-bond donors (Lipinski definition) is 1. The zero-order valence-corrected chi connectivity index (χ0v) is 10.4. The first-order chi connectivity index (χ1) is 7.83. The fraction of sp³-hybridized carbons (Fsp3) is 0.417. The highest BCUT2D eigenvalue weighted by molar-refractivity contribution is 7.18. The third kappa shape index (κ3) is 1.95. The minimum atomic E-state index is 0.637. The average Bonchev–Trinajstić information content (AvgIpc) is 2.73. The van der Waals surface area contributed by atoms with Crippen LogP contribution in [-0.2, 0) is 0 Å². The molecule has 2 nitrogen and oxygen atoms in total. The fourth-order valence-corrected chi connectivity index (χ4v) is 3.57. The number of nitrogens with one attached hydrogen (secondary N) is 1. The maximum absolute atomic E-state index is 5.98. The van der Waals surface area contributed by atoms with E-state index in [1.54, 1.807) is 11.3 Å². The van der Waals surface area contributed by atoms with Gasteiger partial charge in [-0.25, -0.2) is 4.98 Å². The van der Waals surface area contributed by atoms with Gasteiger partial charge in [-0.3, -0.25) is 0 Å². The minimum absolute atomic E-state index is 0.637. The lowest BCUT2D eigenvalue weighted by molar-refractivity contribution is 0.459. The number of halogens is 1. The summed E-state index contributed by atoms with van der Waals surface area (Å²) in [5, 5.41) is 5.46. The molecule has 1 fully saturated rings. The Morgan fingerprint density at radius 2 is 2.12 bits per heavy atom. The lowest BCUT2D eigenvalue weighted by atomic mass is 9.99. The highest BCUT2D eigenvalue weighted by Crippen LogP contribution is 2.33. The van der Waals surface area contributed by atoms with Crippen LogP contribution in [0.25, 0.3) is 10.2 Å². The largest absolute Gasteiger partial charge is 0.317 e. The van der Waals surface area contributed by atoms with E-state index in [0.717, 1.165) is 23.6 Å². The van der Waals surface area contributed by atoms with Crippen molar-refractivity contribution >= 4 is 33.2 Å². The van der Waals surface area contributed by atoms with E-state index in [4.69, 9.17) is 16.6 Å². The molecule has 2 heterocycles. The molecule has 0 radical (unpaired) electrons. The Kier molecular flexibility index (Phi) is 2.84. The molecule has 0 bridgehead atoms. The molecule has 0 saturated carbocycles. The summed E-state index contributed by atoms with van der Waals surface area (Å²) in [5.74, 6) is 0.637. The molecule has 3 rings (SSSR count). The Bertz CT molecular complexity index is 503. The summed E-state index contributed by atoms with van der Waals surface area (Å²) >= 11 is 7.78. The smallest absolute Gasteiger partial charge is 0.0970 e. The van der Waals surface area contributed by atoms with Crippen LogP contribution < -0.4 is 5.32 Å². The topological polar surface area (TPSA) is 24.9 Å². The SMILES string of the molecule is Clc1ccc2nc(C3CCNCC3)sc2c1. The predicted molar refractivity (Wildman–Crippen MR) is 69.5 cm³/mol. The van der Waals surface area contributed by atoms with E-state index in [-0.39, 0.29) is 0 Å². The molecule has 1 aliphatic rings. The molecule has 0 unspecified atom stereocenters. The van der Waals surface area contributed by atoms with Crippen molar-refractivity contribution in [2.45, 2.75) is 18.8 Å². The maximum atomic E-state index is 5.98. The third-order valence-corrected chi connectivity index (χ3v) is 4.47. The van der Waals surface area contributed by atoms with Crippen molar-refractivity contribution in [1.82, 2.24) is 10.3 Å². The van der Waals surface area contributed by atoms with Crippen molar-refractivity contribution in [3.63, 3.8) is 0 Å². The summed E-state index contributed by atoms with van der Waals surface area (Å²) in [6, 6.07) is 5.94. The number of piperidine rings is 1. The Hall–Kier alpha value is -0.640. The molecule has 1 N–H and O–H groups in total. The van der Waals surface area contributed by atoms with E-state index in [0.29, 0.717) is 5.92 Å². The van der Waals surface area contributed by atoms with Gasteiger partial charge in [0.05, 0.1) is 15.2 Å². The van der Waals surface area contributed by atoms with Crippen LogP contribution in [0.15, 0.2) is 18.2 Å². The monoisotopic (exact) mass is 252 g/mol. The molecule has 16 heavy (non-hydrogen) atoms. The van der Waals surface area contributed by atoms with E-state index in [1.165, 1.54) is 22.5 Å². The van der Waals surface area contributed by atoms with Gasteiger partial charge in [0.2, 0.25) is 0 Å². The van der Waals surface area contributed by atoms with E-state index < -0.39 is 0 Å². The van der Waals surface area contributed by atoms with Gasteiger partial charge in [-0.05, 0) is 44.1 Å². The molecule has 1 saturated heterocycles. The Labute approximate surface area is 104 Å². The minimum Gasteiger partial charge on any atom is -0.317 e. The summed E-state index contributed by atoms with van der Waals surface area (Å²) in [6.07, 6.45) is 2.40. The number of hydrogen-bond acceptors (Lipinski definition) is 3.